The van der Waals surface area contributed by atoms with Crippen molar-refractivity contribution < 1.29 is 5.11 Å². The molecule has 0 aliphatic heterocycles. The summed E-state index contributed by atoms with van der Waals surface area (Å²) in [6.07, 6.45) is 9.45. The number of hydrogen-bond donors (Lipinski definition) is 2. The van der Waals surface area contributed by atoms with E-state index in [-0.39, 0.29) is 6.10 Å². The summed E-state index contributed by atoms with van der Waals surface area (Å²) in [6, 6.07) is 0. The lowest BCUT2D eigenvalue weighted by Gasteiger charge is -2.28. The van der Waals surface area contributed by atoms with Gasteiger partial charge in [-0.3, -0.25) is 0 Å². The summed E-state index contributed by atoms with van der Waals surface area (Å²) >= 11 is 0. The van der Waals surface area contributed by atoms with Gasteiger partial charge in [0, 0.05) is 0 Å². The van der Waals surface area contributed by atoms with Crippen LogP contribution in [0.3, 0.4) is 0 Å². The highest BCUT2D eigenvalue weighted by Gasteiger charge is 2.21. The molecule has 2 heteroatoms. The molecule has 0 aromatic heterocycles. The molecule has 2 N–H and O–H groups in total. The van der Waals surface area contributed by atoms with Crippen LogP contribution in [0.1, 0.15) is 52.4 Å². The van der Waals surface area contributed by atoms with Gasteiger partial charge in [-0.15, -0.1) is 0 Å². The van der Waals surface area contributed by atoms with Gasteiger partial charge in [0.2, 0.25) is 0 Å². The monoisotopic (exact) mass is 251 g/mol. The van der Waals surface area contributed by atoms with E-state index in [1.807, 2.05) is 0 Å². The molecule has 1 saturated carbocycles. The Bertz CT molecular complexity index is 279. The lowest BCUT2D eigenvalue weighted by Crippen LogP contribution is -2.32. The number of allylic oxidation sites excluding steroid dienone is 2. The second-order valence-corrected chi connectivity index (χ2v) is 6.63. The molecule has 2 atom stereocenters. The molecular weight excluding hydrogens is 222 g/mol. The highest BCUT2D eigenvalue weighted by Crippen LogP contribution is 2.28. The van der Waals surface area contributed by atoms with Crippen LogP contribution in [0, 0.1) is 17.8 Å². The van der Waals surface area contributed by atoms with E-state index in [9.17, 15) is 5.11 Å². The van der Waals surface area contributed by atoms with Crippen molar-refractivity contribution in [2.24, 2.45) is 17.8 Å². The quantitative estimate of drug-likeness (QED) is 0.752. The van der Waals surface area contributed by atoms with Gasteiger partial charge in [-0.2, -0.15) is 0 Å². The first-order valence-electron chi connectivity index (χ1n) is 7.69. The molecule has 0 amide bonds. The van der Waals surface area contributed by atoms with E-state index in [1.54, 1.807) is 5.57 Å². The lowest BCUT2D eigenvalue weighted by atomic mass is 9.83. The molecule has 2 nitrogen and oxygen atoms in total. The summed E-state index contributed by atoms with van der Waals surface area (Å²) in [5.74, 6) is 2.39. The van der Waals surface area contributed by atoms with Crippen molar-refractivity contribution in [3.8, 4) is 0 Å². The zero-order valence-corrected chi connectivity index (χ0v) is 12.0. The van der Waals surface area contributed by atoms with E-state index in [2.05, 4.69) is 25.2 Å². The van der Waals surface area contributed by atoms with Gasteiger partial charge >= 0.3 is 0 Å². The molecule has 2 aliphatic carbocycles. The van der Waals surface area contributed by atoms with E-state index < -0.39 is 0 Å². The van der Waals surface area contributed by atoms with Crippen LogP contribution in [0.25, 0.3) is 0 Å². The van der Waals surface area contributed by atoms with Gasteiger partial charge in [-0.25, -0.2) is 0 Å². The fourth-order valence-electron chi connectivity index (χ4n) is 3.68. The Morgan fingerprint density at radius 2 is 1.83 bits per heavy atom. The normalized spacial score (nSPS) is 37.4. The van der Waals surface area contributed by atoms with Gasteiger partial charge in [0.25, 0.3) is 0 Å². The minimum Gasteiger partial charge on any atom is -0.393 e. The molecule has 2 unspecified atom stereocenters. The molecule has 0 saturated heterocycles. The number of aliphatic hydroxyl groups excluding tert-OH is 1. The molecule has 0 aromatic rings. The Labute approximate surface area is 112 Å². The van der Waals surface area contributed by atoms with Crippen LogP contribution >= 0.6 is 0 Å². The minimum absolute atomic E-state index is 0.0202. The number of rotatable bonds is 4. The maximum absolute atomic E-state index is 9.49. The predicted octanol–water partition coefficient (Wildman–Crippen LogP) is 3.12. The van der Waals surface area contributed by atoms with Crippen molar-refractivity contribution in [2.45, 2.75) is 58.5 Å². The Balaban J connectivity index is 1.62. The first-order valence-corrected chi connectivity index (χ1v) is 7.69. The van der Waals surface area contributed by atoms with Crippen LogP contribution in [0.15, 0.2) is 11.6 Å². The smallest absolute Gasteiger partial charge is 0.0540 e. The van der Waals surface area contributed by atoms with Crippen molar-refractivity contribution in [2.75, 3.05) is 13.1 Å². The number of hydrogen-bond acceptors (Lipinski definition) is 2. The van der Waals surface area contributed by atoms with E-state index in [0.717, 1.165) is 37.1 Å². The molecule has 104 valence electrons. The average Bonchev–Trinajstić information content (AvgIpc) is 2.30. The highest BCUT2D eigenvalue weighted by atomic mass is 16.3. The van der Waals surface area contributed by atoms with Crippen LogP contribution < -0.4 is 5.32 Å². The average molecular weight is 251 g/mol. The third-order valence-electron chi connectivity index (χ3n) is 4.57. The largest absolute Gasteiger partial charge is 0.393 e. The molecular formula is C16H29NO. The zero-order valence-electron chi connectivity index (χ0n) is 12.0. The van der Waals surface area contributed by atoms with Gasteiger partial charge in [0.1, 0.15) is 0 Å². The topological polar surface area (TPSA) is 32.3 Å². The van der Waals surface area contributed by atoms with Gasteiger partial charge in [-0.1, -0.05) is 18.6 Å². The summed E-state index contributed by atoms with van der Waals surface area (Å²) in [7, 11) is 0. The Morgan fingerprint density at radius 1 is 1.17 bits per heavy atom. The SMILES string of the molecule is CC1=CC(C)CC(CNCC2CCC(O)CC2)C1. The van der Waals surface area contributed by atoms with Gasteiger partial charge in [0.15, 0.2) is 0 Å². The summed E-state index contributed by atoms with van der Waals surface area (Å²) < 4.78 is 0. The van der Waals surface area contributed by atoms with Crippen molar-refractivity contribution in [1.82, 2.24) is 5.32 Å². The van der Waals surface area contributed by atoms with Gasteiger partial charge in [-0.05, 0) is 76.3 Å². The molecule has 18 heavy (non-hydrogen) atoms. The molecule has 0 spiro atoms. The van der Waals surface area contributed by atoms with E-state index >= 15 is 0 Å². The minimum atomic E-state index is -0.0202. The highest BCUT2D eigenvalue weighted by molar-refractivity contribution is 5.06. The van der Waals surface area contributed by atoms with Crippen molar-refractivity contribution >= 4 is 0 Å². The van der Waals surface area contributed by atoms with Crippen LogP contribution in [0.2, 0.25) is 0 Å². The summed E-state index contributed by atoms with van der Waals surface area (Å²) in [6.45, 7) is 6.93. The van der Waals surface area contributed by atoms with Crippen LogP contribution in [-0.4, -0.2) is 24.3 Å². The molecule has 0 heterocycles. The Kier molecular flexibility index (Phi) is 5.25. The molecule has 0 radical (unpaired) electrons. The fourth-order valence-corrected chi connectivity index (χ4v) is 3.68. The van der Waals surface area contributed by atoms with E-state index in [0.29, 0.717) is 0 Å². The summed E-state index contributed by atoms with van der Waals surface area (Å²) in [5.41, 5.74) is 1.57. The second-order valence-electron chi connectivity index (χ2n) is 6.63. The van der Waals surface area contributed by atoms with E-state index in [1.165, 1.54) is 32.2 Å². The van der Waals surface area contributed by atoms with Crippen LogP contribution in [0.5, 0.6) is 0 Å². The fraction of sp³-hybridized carbons (Fsp3) is 0.875. The maximum Gasteiger partial charge on any atom is 0.0540 e. The Hall–Kier alpha value is -0.340. The molecule has 0 aromatic carbocycles. The summed E-state index contributed by atoms with van der Waals surface area (Å²) in [5, 5.41) is 13.2. The third-order valence-corrected chi connectivity index (χ3v) is 4.57. The molecule has 1 fully saturated rings. The third kappa shape index (κ3) is 4.40. The predicted molar refractivity (Wildman–Crippen MR) is 76.5 cm³/mol. The number of aliphatic hydroxyl groups is 1. The molecule has 2 rings (SSSR count). The Morgan fingerprint density at radius 3 is 2.50 bits per heavy atom. The molecule has 0 bridgehead atoms. The molecule has 2 aliphatic rings. The van der Waals surface area contributed by atoms with Crippen LogP contribution in [-0.2, 0) is 0 Å². The summed E-state index contributed by atoms with van der Waals surface area (Å²) in [4.78, 5) is 0. The van der Waals surface area contributed by atoms with E-state index in [4.69, 9.17) is 0 Å². The first-order chi connectivity index (χ1) is 8.63. The number of nitrogens with one attached hydrogen (secondary N) is 1. The van der Waals surface area contributed by atoms with Crippen LogP contribution in [0.4, 0.5) is 0 Å². The van der Waals surface area contributed by atoms with Gasteiger partial charge < -0.3 is 10.4 Å². The van der Waals surface area contributed by atoms with Gasteiger partial charge in [0.05, 0.1) is 6.10 Å². The second kappa shape index (κ2) is 6.72. The van der Waals surface area contributed by atoms with Crippen molar-refractivity contribution in [3.63, 3.8) is 0 Å². The van der Waals surface area contributed by atoms with Crippen molar-refractivity contribution in [1.29, 1.82) is 0 Å². The zero-order chi connectivity index (χ0) is 13.0. The van der Waals surface area contributed by atoms with Crippen molar-refractivity contribution in [3.05, 3.63) is 11.6 Å². The standard InChI is InChI=1S/C16H29NO/c1-12-7-13(2)9-15(8-12)11-17-10-14-3-5-16(18)6-4-14/h7,12,14-18H,3-6,8-11H2,1-2H3. The lowest BCUT2D eigenvalue weighted by molar-refractivity contribution is 0.108. The maximum atomic E-state index is 9.49. The first kappa shape index (κ1) is 14.1.